The van der Waals surface area contributed by atoms with E-state index in [2.05, 4.69) is 10.6 Å². The summed E-state index contributed by atoms with van der Waals surface area (Å²) in [5, 5.41) is 14.5. The molecule has 3 unspecified atom stereocenters. The highest BCUT2D eigenvalue weighted by Gasteiger charge is 2.30. The number of nitrogens with one attached hydrogen (secondary N) is 2. The molecule has 0 aromatic heterocycles. The van der Waals surface area contributed by atoms with Crippen LogP contribution in [-0.4, -0.2) is 54.7 Å². The number of carbonyl (C=O) groups excluding carboxylic acids is 1. The zero-order valence-corrected chi connectivity index (χ0v) is 11.3. The molecular formula is C12H23N3O3. The number of carboxylic acids is 1. The number of rotatable bonds is 5. The van der Waals surface area contributed by atoms with E-state index in [0.29, 0.717) is 19.4 Å². The molecule has 0 saturated heterocycles. The van der Waals surface area contributed by atoms with Crippen molar-refractivity contribution >= 4 is 12.0 Å². The minimum Gasteiger partial charge on any atom is -0.481 e. The van der Waals surface area contributed by atoms with Crippen molar-refractivity contribution in [2.24, 2.45) is 5.92 Å². The molecule has 18 heavy (non-hydrogen) atoms. The van der Waals surface area contributed by atoms with E-state index in [1.807, 2.05) is 25.9 Å². The summed E-state index contributed by atoms with van der Waals surface area (Å²) in [6, 6.07) is 0.0478. The van der Waals surface area contributed by atoms with Crippen LogP contribution < -0.4 is 10.6 Å². The van der Waals surface area contributed by atoms with Gasteiger partial charge in [-0.3, -0.25) is 4.79 Å². The molecule has 1 saturated carbocycles. The number of nitrogens with zero attached hydrogens (tertiary/aromatic N) is 1. The predicted molar refractivity (Wildman–Crippen MR) is 68.4 cm³/mol. The zero-order chi connectivity index (χ0) is 13.7. The van der Waals surface area contributed by atoms with Crippen molar-refractivity contribution in [2.45, 2.75) is 38.3 Å². The Kier molecular flexibility index (Phi) is 5.40. The normalized spacial score (nSPS) is 24.9. The second kappa shape index (κ2) is 6.58. The quantitative estimate of drug-likeness (QED) is 0.669. The zero-order valence-electron chi connectivity index (χ0n) is 11.3. The Morgan fingerprint density at radius 2 is 2.06 bits per heavy atom. The van der Waals surface area contributed by atoms with E-state index in [9.17, 15) is 9.59 Å². The Balaban J connectivity index is 2.23. The summed E-state index contributed by atoms with van der Waals surface area (Å²) in [6.45, 7) is 2.60. The molecule has 3 atom stereocenters. The van der Waals surface area contributed by atoms with Crippen molar-refractivity contribution in [3.8, 4) is 0 Å². The van der Waals surface area contributed by atoms with Gasteiger partial charge in [-0.15, -0.1) is 0 Å². The van der Waals surface area contributed by atoms with Gasteiger partial charge in [-0.2, -0.15) is 0 Å². The monoisotopic (exact) mass is 257 g/mol. The molecule has 0 aromatic carbocycles. The van der Waals surface area contributed by atoms with Crippen LogP contribution in [0.5, 0.6) is 0 Å². The van der Waals surface area contributed by atoms with E-state index in [-0.39, 0.29) is 24.0 Å². The SMILES string of the molecule is CC(CNC(=O)NC1CCC(C(=O)O)C1)N(C)C. The minimum atomic E-state index is -0.763. The van der Waals surface area contributed by atoms with Gasteiger partial charge in [-0.05, 0) is 40.3 Å². The van der Waals surface area contributed by atoms with Crippen LogP contribution in [0.3, 0.4) is 0 Å². The van der Waals surface area contributed by atoms with Crippen LogP contribution in [0.15, 0.2) is 0 Å². The summed E-state index contributed by atoms with van der Waals surface area (Å²) >= 11 is 0. The smallest absolute Gasteiger partial charge is 0.315 e. The lowest BCUT2D eigenvalue weighted by Gasteiger charge is -2.21. The molecule has 0 bridgehead atoms. The Morgan fingerprint density at radius 3 is 2.56 bits per heavy atom. The Hall–Kier alpha value is -1.30. The van der Waals surface area contributed by atoms with Crippen molar-refractivity contribution < 1.29 is 14.7 Å². The van der Waals surface area contributed by atoms with Gasteiger partial charge in [-0.1, -0.05) is 0 Å². The van der Waals surface area contributed by atoms with Crippen LogP contribution in [-0.2, 0) is 4.79 Å². The number of carbonyl (C=O) groups is 2. The van der Waals surface area contributed by atoms with E-state index < -0.39 is 5.97 Å². The standard InChI is InChI=1S/C12H23N3O3/c1-8(15(2)3)7-13-12(18)14-10-5-4-9(6-10)11(16)17/h8-10H,4-7H2,1-3H3,(H,16,17)(H2,13,14,18). The van der Waals surface area contributed by atoms with Gasteiger partial charge in [0.15, 0.2) is 0 Å². The third-order valence-electron chi connectivity index (χ3n) is 3.56. The molecule has 0 radical (unpaired) electrons. The van der Waals surface area contributed by atoms with E-state index in [0.717, 1.165) is 6.42 Å². The molecule has 0 heterocycles. The summed E-state index contributed by atoms with van der Waals surface area (Å²) in [5.41, 5.74) is 0. The van der Waals surface area contributed by atoms with Crippen molar-refractivity contribution in [1.82, 2.24) is 15.5 Å². The first kappa shape index (κ1) is 14.8. The molecule has 1 aliphatic rings. The van der Waals surface area contributed by atoms with Gasteiger partial charge in [0, 0.05) is 18.6 Å². The van der Waals surface area contributed by atoms with Crippen LogP contribution in [0.4, 0.5) is 4.79 Å². The molecule has 6 heteroatoms. The van der Waals surface area contributed by atoms with Crippen LogP contribution >= 0.6 is 0 Å². The first-order chi connectivity index (χ1) is 8.40. The van der Waals surface area contributed by atoms with Crippen molar-refractivity contribution in [3.05, 3.63) is 0 Å². The van der Waals surface area contributed by atoms with Crippen LogP contribution in [0, 0.1) is 5.92 Å². The molecular weight excluding hydrogens is 234 g/mol. The minimum absolute atomic E-state index is 0.0132. The third-order valence-corrected chi connectivity index (χ3v) is 3.56. The maximum absolute atomic E-state index is 11.6. The van der Waals surface area contributed by atoms with Gasteiger partial charge >= 0.3 is 12.0 Å². The second-order valence-corrected chi connectivity index (χ2v) is 5.21. The Bertz CT molecular complexity index is 307. The van der Waals surface area contributed by atoms with Crippen LogP contribution in [0.2, 0.25) is 0 Å². The average molecular weight is 257 g/mol. The van der Waals surface area contributed by atoms with E-state index >= 15 is 0 Å². The number of hydrogen-bond acceptors (Lipinski definition) is 3. The second-order valence-electron chi connectivity index (χ2n) is 5.21. The molecule has 2 amide bonds. The Labute approximate surface area is 108 Å². The van der Waals surface area contributed by atoms with Crippen molar-refractivity contribution in [2.75, 3.05) is 20.6 Å². The van der Waals surface area contributed by atoms with Gasteiger partial charge in [0.25, 0.3) is 0 Å². The van der Waals surface area contributed by atoms with Crippen LogP contribution in [0.25, 0.3) is 0 Å². The summed E-state index contributed by atoms with van der Waals surface area (Å²) in [4.78, 5) is 24.4. The topological polar surface area (TPSA) is 81.7 Å². The first-order valence-electron chi connectivity index (χ1n) is 6.33. The van der Waals surface area contributed by atoms with Crippen LogP contribution in [0.1, 0.15) is 26.2 Å². The molecule has 0 spiro atoms. The predicted octanol–water partition coefficient (Wildman–Crippen LogP) is 0.489. The lowest BCUT2D eigenvalue weighted by molar-refractivity contribution is -0.141. The van der Waals surface area contributed by atoms with Crippen molar-refractivity contribution in [1.29, 1.82) is 0 Å². The van der Waals surface area contributed by atoms with Gasteiger partial charge in [0.1, 0.15) is 0 Å². The number of likely N-dealkylation sites (N-methyl/N-ethyl adjacent to an activating group) is 1. The van der Waals surface area contributed by atoms with E-state index in [4.69, 9.17) is 5.11 Å². The molecule has 6 nitrogen and oxygen atoms in total. The highest BCUT2D eigenvalue weighted by molar-refractivity contribution is 5.75. The lowest BCUT2D eigenvalue weighted by Crippen LogP contribution is -2.45. The van der Waals surface area contributed by atoms with E-state index in [1.165, 1.54) is 0 Å². The largest absolute Gasteiger partial charge is 0.481 e. The summed E-state index contributed by atoms with van der Waals surface area (Å²) < 4.78 is 0. The van der Waals surface area contributed by atoms with Gasteiger partial charge < -0.3 is 20.6 Å². The molecule has 3 N–H and O–H groups in total. The fourth-order valence-electron chi connectivity index (χ4n) is 2.00. The van der Waals surface area contributed by atoms with Gasteiger partial charge in [-0.25, -0.2) is 4.79 Å². The number of hydrogen-bond donors (Lipinski definition) is 3. The third kappa shape index (κ3) is 4.52. The van der Waals surface area contributed by atoms with Gasteiger partial charge in [0.2, 0.25) is 0 Å². The number of carboxylic acid groups (broad SMARTS) is 1. The number of aliphatic carboxylic acids is 1. The molecule has 0 aromatic rings. The van der Waals surface area contributed by atoms with Crippen molar-refractivity contribution in [3.63, 3.8) is 0 Å². The molecule has 1 fully saturated rings. The lowest BCUT2D eigenvalue weighted by atomic mass is 10.1. The van der Waals surface area contributed by atoms with E-state index in [1.54, 1.807) is 0 Å². The summed E-state index contributed by atoms with van der Waals surface area (Å²) in [6.07, 6.45) is 1.92. The summed E-state index contributed by atoms with van der Waals surface area (Å²) in [7, 11) is 3.91. The number of urea groups is 1. The fourth-order valence-corrected chi connectivity index (χ4v) is 2.00. The first-order valence-corrected chi connectivity index (χ1v) is 6.33. The maximum atomic E-state index is 11.6. The van der Waals surface area contributed by atoms with Gasteiger partial charge in [0.05, 0.1) is 5.92 Å². The maximum Gasteiger partial charge on any atom is 0.315 e. The fraction of sp³-hybridized carbons (Fsp3) is 0.833. The average Bonchev–Trinajstić information content (AvgIpc) is 2.74. The highest BCUT2D eigenvalue weighted by atomic mass is 16.4. The highest BCUT2D eigenvalue weighted by Crippen LogP contribution is 2.25. The number of amides is 2. The Morgan fingerprint density at radius 1 is 1.39 bits per heavy atom. The molecule has 1 rings (SSSR count). The molecule has 104 valence electrons. The summed E-state index contributed by atoms with van der Waals surface area (Å²) in [5.74, 6) is -1.07. The molecule has 1 aliphatic carbocycles. The molecule has 0 aliphatic heterocycles.